The number of anilines is 2. The fourth-order valence-electron chi connectivity index (χ4n) is 2.83. The van der Waals surface area contributed by atoms with Crippen molar-refractivity contribution in [2.45, 2.75) is 25.9 Å². The van der Waals surface area contributed by atoms with Gasteiger partial charge in [-0.25, -0.2) is 0 Å². The Morgan fingerprint density at radius 1 is 1.50 bits per heavy atom. The lowest BCUT2D eigenvalue weighted by Gasteiger charge is -2.20. The average molecular weight is 246 g/mol. The molecule has 2 aliphatic rings. The van der Waals surface area contributed by atoms with E-state index in [-0.39, 0.29) is 17.9 Å². The number of hydrogen-bond donors (Lipinski definition) is 1. The van der Waals surface area contributed by atoms with E-state index in [1.807, 2.05) is 30.0 Å². The van der Waals surface area contributed by atoms with E-state index in [2.05, 4.69) is 0 Å². The molecule has 0 aliphatic carbocycles. The zero-order chi connectivity index (χ0) is 12.7. The molecule has 96 valence electrons. The molecule has 0 radical (unpaired) electrons. The second-order valence-corrected chi connectivity index (χ2v) is 5.20. The number of rotatable bonds is 1. The lowest BCUT2D eigenvalue weighted by Crippen LogP contribution is -2.35. The Balaban J connectivity index is 1.83. The van der Waals surface area contributed by atoms with Crippen molar-refractivity contribution in [3.63, 3.8) is 0 Å². The quantitative estimate of drug-likeness (QED) is 0.765. The van der Waals surface area contributed by atoms with Crippen LogP contribution in [0, 0.1) is 5.92 Å². The van der Waals surface area contributed by atoms with Gasteiger partial charge in [0.15, 0.2) is 0 Å². The Labute approximate surface area is 107 Å². The molecule has 1 aromatic rings. The zero-order valence-electron chi connectivity index (χ0n) is 10.6. The van der Waals surface area contributed by atoms with Crippen molar-refractivity contribution < 1.29 is 9.53 Å². The number of ether oxygens (including phenoxy) is 1. The normalized spacial score (nSPS) is 26.4. The summed E-state index contributed by atoms with van der Waals surface area (Å²) >= 11 is 0. The maximum atomic E-state index is 12.5. The van der Waals surface area contributed by atoms with Crippen LogP contribution in [0.4, 0.5) is 11.4 Å². The summed E-state index contributed by atoms with van der Waals surface area (Å²) < 4.78 is 5.49. The van der Waals surface area contributed by atoms with Crippen LogP contribution in [0.5, 0.6) is 0 Å². The molecule has 4 heteroatoms. The molecule has 2 heterocycles. The van der Waals surface area contributed by atoms with Crippen molar-refractivity contribution in [1.29, 1.82) is 0 Å². The third-order valence-electron chi connectivity index (χ3n) is 3.82. The molecule has 0 spiro atoms. The highest BCUT2D eigenvalue weighted by Gasteiger charge is 2.34. The van der Waals surface area contributed by atoms with Gasteiger partial charge in [0.05, 0.1) is 18.6 Å². The first-order valence-corrected chi connectivity index (χ1v) is 6.46. The Bertz CT molecular complexity index is 487. The zero-order valence-corrected chi connectivity index (χ0v) is 10.6. The Hall–Kier alpha value is -1.55. The molecule has 3 rings (SSSR count). The molecule has 1 aromatic carbocycles. The fraction of sp³-hybridized carbons (Fsp3) is 0.500. The minimum atomic E-state index is 0.00683. The molecule has 4 nitrogen and oxygen atoms in total. The molecule has 0 saturated carbocycles. The number of hydrogen-bond acceptors (Lipinski definition) is 3. The van der Waals surface area contributed by atoms with Gasteiger partial charge >= 0.3 is 0 Å². The van der Waals surface area contributed by atoms with Gasteiger partial charge in [-0.3, -0.25) is 4.79 Å². The van der Waals surface area contributed by atoms with Gasteiger partial charge in [0, 0.05) is 17.9 Å². The molecule has 2 aliphatic heterocycles. The second kappa shape index (κ2) is 4.28. The van der Waals surface area contributed by atoms with Crippen molar-refractivity contribution in [1.82, 2.24) is 0 Å². The number of nitrogens with two attached hydrogens (primary N) is 1. The minimum absolute atomic E-state index is 0.00683. The van der Waals surface area contributed by atoms with Crippen LogP contribution in [0.15, 0.2) is 18.2 Å². The van der Waals surface area contributed by atoms with Crippen LogP contribution in [0.1, 0.15) is 18.9 Å². The number of carbonyl (C=O) groups excluding carboxylic acids is 1. The number of carbonyl (C=O) groups is 1. The van der Waals surface area contributed by atoms with E-state index < -0.39 is 0 Å². The summed E-state index contributed by atoms with van der Waals surface area (Å²) in [5.74, 6) is 0.191. The summed E-state index contributed by atoms with van der Waals surface area (Å²) in [6.07, 6.45) is 1.94. The molecular formula is C14H18N2O2. The molecular weight excluding hydrogens is 228 g/mol. The fourth-order valence-corrected chi connectivity index (χ4v) is 2.83. The standard InChI is InChI=1S/C14H18N2O2/c1-9-6-11(8-18-9)14(17)16-5-4-10-2-3-12(15)7-13(10)16/h2-3,7,9,11H,4-6,8,15H2,1H3. The summed E-state index contributed by atoms with van der Waals surface area (Å²) in [5, 5.41) is 0. The van der Waals surface area contributed by atoms with Crippen LogP contribution < -0.4 is 10.6 Å². The predicted octanol–water partition coefficient (Wildman–Crippen LogP) is 1.58. The first-order valence-electron chi connectivity index (χ1n) is 6.46. The Kier molecular flexibility index (Phi) is 2.74. The molecule has 1 amide bonds. The molecule has 18 heavy (non-hydrogen) atoms. The largest absolute Gasteiger partial charge is 0.399 e. The third kappa shape index (κ3) is 1.86. The number of amides is 1. The molecule has 1 saturated heterocycles. The smallest absolute Gasteiger partial charge is 0.232 e. The van der Waals surface area contributed by atoms with Crippen LogP contribution >= 0.6 is 0 Å². The molecule has 2 N–H and O–H groups in total. The maximum absolute atomic E-state index is 12.5. The second-order valence-electron chi connectivity index (χ2n) is 5.20. The number of nitrogen functional groups attached to an aromatic ring is 1. The van der Waals surface area contributed by atoms with Gasteiger partial charge in [0.25, 0.3) is 0 Å². The Morgan fingerprint density at radius 2 is 2.33 bits per heavy atom. The first-order chi connectivity index (χ1) is 8.65. The molecule has 2 unspecified atom stereocenters. The summed E-state index contributed by atoms with van der Waals surface area (Å²) in [7, 11) is 0. The van der Waals surface area contributed by atoms with Gasteiger partial charge in [0.2, 0.25) is 5.91 Å². The van der Waals surface area contributed by atoms with Crippen LogP contribution in [0.25, 0.3) is 0 Å². The van der Waals surface area contributed by atoms with Gasteiger partial charge in [-0.15, -0.1) is 0 Å². The van der Waals surface area contributed by atoms with Crippen molar-refractivity contribution in [2.24, 2.45) is 5.92 Å². The highest BCUT2D eigenvalue weighted by Crippen LogP contribution is 2.32. The summed E-state index contributed by atoms with van der Waals surface area (Å²) in [6, 6.07) is 5.82. The van der Waals surface area contributed by atoms with E-state index in [9.17, 15) is 4.79 Å². The van der Waals surface area contributed by atoms with Gasteiger partial charge in [-0.2, -0.15) is 0 Å². The van der Waals surface area contributed by atoms with Gasteiger partial charge < -0.3 is 15.4 Å². The summed E-state index contributed by atoms with van der Waals surface area (Å²) in [5.41, 5.74) is 8.72. The summed E-state index contributed by atoms with van der Waals surface area (Å²) in [4.78, 5) is 14.3. The van der Waals surface area contributed by atoms with Crippen LogP contribution in [0.2, 0.25) is 0 Å². The summed E-state index contributed by atoms with van der Waals surface area (Å²) in [6.45, 7) is 3.33. The van der Waals surface area contributed by atoms with E-state index >= 15 is 0 Å². The van der Waals surface area contributed by atoms with E-state index in [1.54, 1.807) is 0 Å². The number of fused-ring (bicyclic) bond motifs is 1. The third-order valence-corrected chi connectivity index (χ3v) is 3.82. The van der Waals surface area contributed by atoms with Gasteiger partial charge in [0.1, 0.15) is 0 Å². The van der Waals surface area contributed by atoms with E-state index in [0.29, 0.717) is 12.3 Å². The van der Waals surface area contributed by atoms with E-state index in [1.165, 1.54) is 5.56 Å². The van der Waals surface area contributed by atoms with Gasteiger partial charge in [-0.1, -0.05) is 6.07 Å². The first kappa shape index (κ1) is 11.5. The number of benzene rings is 1. The minimum Gasteiger partial charge on any atom is -0.399 e. The van der Waals surface area contributed by atoms with Crippen molar-refractivity contribution in [2.75, 3.05) is 23.8 Å². The molecule has 2 atom stereocenters. The molecule has 0 bridgehead atoms. The lowest BCUT2D eigenvalue weighted by molar-refractivity contribution is -0.122. The lowest BCUT2D eigenvalue weighted by atomic mass is 10.0. The Morgan fingerprint density at radius 3 is 3.06 bits per heavy atom. The SMILES string of the molecule is CC1CC(C(=O)N2CCc3ccc(N)cc32)CO1. The maximum Gasteiger partial charge on any atom is 0.232 e. The average Bonchev–Trinajstić information content (AvgIpc) is 2.94. The highest BCUT2D eigenvalue weighted by molar-refractivity contribution is 5.97. The van der Waals surface area contributed by atoms with Crippen molar-refractivity contribution in [3.8, 4) is 0 Å². The van der Waals surface area contributed by atoms with Gasteiger partial charge in [-0.05, 0) is 37.5 Å². The predicted molar refractivity (Wildman–Crippen MR) is 70.4 cm³/mol. The van der Waals surface area contributed by atoms with E-state index in [0.717, 1.165) is 25.1 Å². The highest BCUT2D eigenvalue weighted by atomic mass is 16.5. The van der Waals surface area contributed by atoms with Crippen LogP contribution in [-0.2, 0) is 16.0 Å². The molecule has 1 fully saturated rings. The van der Waals surface area contributed by atoms with E-state index in [4.69, 9.17) is 10.5 Å². The number of nitrogens with zero attached hydrogens (tertiary/aromatic N) is 1. The van der Waals surface area contributed by atoms with Crippen molar-refractivity contribution in [3.05, 3.63) is 23.8 Å². The van der Waals surface area contributed by atoms with Crippen molar-refractivity contribution >= 4 is 17.3 Å². The topological polar surface area (TPSA) is 55.6 Å². The molecule has 0 aromatic heterocycles. The van der Waals surface area contributed by atoms with Crippen LogP contribution in [-0.4, -0.2) is 25.2 Å². The monoisotopic (exact) mass is 246 g/mol. The van der Waals surface area contributed by atoms with Crippen LogP contribution in [0.3, 0.4) is 0 Å².